The quantitative estimate of drug-likeness (QED) is 0.421. The van der Waals surface area contributed by atoms with E-state index in [1.165, 1.54) is 11.1 Å². The average molecular weight is 351 g/mol. The molecule has 0 amide bonds. The van der Waals surface area contributed by atoms with E-state index in [0.717, 1.165) is 17.4 Å². The first-order chi connectivity index (χ1) is 12.5. The number of hydrogen-bond donors (Lipinski definition) is 1. The van der Waals surface area contributed by atoms with Gasteiger partial charge in [0.05, 0.1) is 38.4 Å². The van der Waals surface area contributed by atoms with Gasteiger partial charge in [-0.3, -0.25) is 25.4 Å². The normalized spacial score (nSPS) is 10.3. The van der Waals surface area contributed by atoms with Crippen LogP contribution in [0.4, 0.5) is 22.7 Å². The molecule has 0 saturated heterocycles. The largest absolute Gasteiger partial charge is 0.284 e. The van der Waals surface area contributed by atoms with Crippen LogP contribution in [0.3, 0.4) is 0 Å². The predicted molar refractivity (Wildman–Crippen MR) is 95.6 cm³/mol. The van der Waals surface area contributed by atoms with Crippen molar-refractivity contribution in [2.45, 2.75) is 0 Å². The van der Waals surface area contributed by atoms with Crippen LogP contribution in [0.15, 0.2) is 72.8 Å². The topological polar surface area (TPSA) is 110 Å². The summed E-state index contributed by atoms with van der Waals surface area (Å²) in [5, 5.41) is 31.5. The van der Waals surface area contributed by atoms with Crippen LogP contribution in [-0.4, -0.2) is 15.1 Å². The van der Waals surface area contributed by atoms with Crippen LogP contribution in [0.2, 0.25) is 0 Å². The summed E-state index contributed by atoms with van der Waals surface area (Å²) < 4.78 is 0. The number of nitro benzene ring substituents is 2. The molecule has 130 valence electrons. The van der Waals surface area contributed by atoms with Crippen molar-refractivity contribution in [1.82, 2.24) is 0 Å². The Labute approximate surface area is 147 Å². The van der Waals surface area contributed by atoms with Gasteiger partial charge in [0.15, 0.2) is 0 Å². The number of hydrogen-bond acceptors (Lipinski definition) is 6. The Morgan fingerprint density at radius 3 is 1.38 bits per heavy atom. The fourth-order valence-electron chi connectivity index (χ4n) is 2.41. The average Bonchev–Trinajstić information content (AvgIpc) is 3.35. The maximum atomic E-state index is 10.3. The van der Waals surface area contributed by atoms with Crippen molar-refractivity contribution in [2.75, 3.05) is 5.06 Å². The molecule has 2 aromatic rings. The molecule has 4 rings (SSSR count). The first kappa shape index (κ1) is 17.1. The van der Waals surface area contributed by atoms with E-state index in [-0.39, 0.29) is 11.4 Å². The highest BCUT2D eigenvalue weighted by Crippen LogP contribution is 2.50. The number of para-hydroxylation sites is 2. The molecule has 0 heterocycles. The molecule has 8 heteroatoms. The van der Waals surface area contributed by atoms with Gasteiger partial charge in [-0.05, 0) is 30.3 Å². The number of benzene rings is 3. The zero-order chi connectivity index (χ0) is 18.7. The zero-order valence-electron chi connectivity index (χ0n) is 13.4. The lowest BCUT2D eigenvalue weighted by molar-refractivity contribution is -0.390. The second-order valence-corrected chi connectivity index (χ2v) is 5.38. The molecular formula is C18H13N3O5. The van der Waals surface area contributed by atoms with Crippen LogP contribution in [0.25, 0.3) is 11.1 Å². The van der Waals surface area contributed by atoms with Gasteiger partial charge in [-0.1, -0.05) is 36.4 Å². The maximum absolute atomic E-state index is 10.3. The third kappa shape index (κ3) is 3.50. The summed E-state index contributed by atoms with van der Waals surface area (Å²) in [7, 11) is 0. The monoisotopic (exact) mass is 351 g/mol. The Morgan fingerprint density at radius 2 is 1.08 bits per heavy atom. The van der Waals surface area contributed by atoms with Crippen LogP contribution >= 0.6 is 0 Å². The van der Waals surface area contributed by atoms with Crippen molar-refractivity contribution in [1.29, 1.82) is 0 Å². The van der Waals surface area contributed by atoms with E-state index in [2.05, 4.69) is 0 Å². The number of nitrogens with zero attached hydrogens (tertiary/aromatic N) is 3. The molecule has 0 aromatic heterocycles. The molecule has 0 aliphatic heterocycles. The summed E-state index contributed by atoms with van der Waals surface area (Å²) in [5.74, 6) is 0. The maximum Gasteiger partial charge on any atom is 0.284 e. The first-order valence-electron chi connectivity index (χ1n) is 7.55. The lowest BCUT2D eigenvalue weighted by atomic mass is 10.2. The van der Waals surface area contributed by atoms with Crippen molar-refractivity contribution in [3.63, 3.8) is 0 Å². The standard InChI is InChI=1S/C12H11NO.C6H2N2O4/c14-13(11-7-3-1-4-8-11)12-9-5-2-6-10-12;9-7(10)5-2-6(8(11)12)4-1-3(4)5/h1-10,14H;1-2H. The van der Waals surface area contributed by atoms with Crippen LogP contribution in [0, 0.1) is 20.2 Å². The second kappa shape index (κ2) is 6.99. The summed E-state index contributed by atoms with van der Waals surface area (Å²) >= 11 is 0. The van der Waals surface area contributed by atoms with Gasteiger partial charge in [-0.2, -0.15) is 0 Å². The van der Waals surface area contributed by atoms with Gasteiger partial charge >= 0.3 is 0 Å². The van der Waals surface area contributed by atoms with Gasteiger partial charge in [-0.25, -0.2) is 5.06 Å². The third-order valence-electron chi connectivity index (χ3n) is 3.72. The highest BCUT2D eigenvalue weighted by atomic mass is 16.6. The Hall–Kier alpha value is -3.78. The van der Waals surface area contributed by atoms with Crippen LogP contribution in [0.1, 0.15) is 0 Å². The van der Waals surface area contributed by atoms with Crippen LogP contribution in [0.5, 0.6) is 0 Å². The van der Waals surface area contributed by atoms with Gasteiger partial charge in [-0.15, -0.1) is 0 Å². The highest BCUT2D eigenvalue weighted by Gasteiger charge is 2.37. The summed E-state index contributed by atoms with van der Waals surface area (Å²) in [6.45, 7) is 0. The fraction of sp³-hybridized carbons (Fsp3) is 0. The highest BCUT2D eigenvalue weighted by molar-refractivity contribution is 5.97. The van der Waals surface area contributed by atoms with Gasteiger partial charge in [0.25, 0.3) is 11.4 Å². The Kier molecular flexibility index (Phi) is 4.59. The van der Waals surface area contributed by atoms with Crippen LogP contribution in [-0.2, 0) is 0 Å². The molecule has 0 saturated carbocycles. The van der Waals surface area contributed by atoms with Crippen molar-refractivity contribution < 1.29 is 15.1 Å². The minimum absolute atomic E-state index is 0.170. The lowest BCUT2D eigenvalue weighted by Crippen LogP contribution is -2.09. The number of fused-ring (bicyclic) bond motifs is 1. The van der Waals surface area contributed by atoms with E-state index in [1.54, 1.807) is 0 Å². The minimum Gasteiger partial charge on any atom is -0.284 e. The van der Waals surface area contributed by atoms with Gasteiger partial charge in [0.2, 0.25) is 0 Å². The Bertz CT molecular complexity index is 887. The van der Waals surface area contributed by atoms with E-state index < -0.39 is 9.85 Å². The summed E-state index contributed by atoms with van der Waals surface area (Å²) in [5.41, 5.74) is 1.98. The van der Waals surface area contributed by atoms with Crippen molar-refractivity contribution in [3.8, 4) is 11.1 Å². The van der Waals surface area contributed by atoms with Crippen molar-refractivity contribution in [2.24, 2.45) is 0 Å². The number of rotatable bonds is 4. The van der Waals surface area contributed by atoms with E-state index in [1.807, 2.05) is 60.7 Å². The fourth-order valence-corrected chi connectivity index (χ4v) is 2.41. The molecule has 2 aromatic carbocycles. The molecule has 0 spiro atoms. The molecule has 2 aliphatic rings. The minimum atomic E-state index is -0.616. The smallest absolute Gasteiger partial charge is 0.284 e. The summed E-state index contributed by atoms with van der Waals surface area (Å²) in [6, 6.07) is 21.2. The predicted octanol–water partition coefficient (Wildman–Crippen LogP) is 4.70. The summed E-state index contributed by atoms with van der Waals surface area (Å²) in [4.78, 5) is 19.3. The molecule has 0 fully saturated rings. The van der Waals surface area contributed by atoms with E-state index in [0.29, 0.717) is 11.1 Å². The first-order valence-corrected chi connectivity index (χ1v) is 7.55. The Balaban J connectivity index is 0.000000152. The molecule has 26 heavy (non-hydrogen) atoms. The molecule has 2 aliphatic carbocycles. The van der Waals surface area contributed by atoms with E-state index in [9.17, 15) is 25.4 Å². The van der Waals surface area contributed by atoms with E-state index in [4.69, 9.17) is 0 Å². The molecule has 0 radical (unpaired) electrons. The zero-order valence-corrected chi connectivity index (χ0v) is 13.4. The molecular weight excluding hydrogens is 338 g/mol. The van der Waals surface area contributed by atoms with Gasteiger partial charge in [0.1, 0.15) is 0 Å². The van der Waals surface area contributed by atoms with Gasteiger partial charge in [0, 0.05) is 0 Å². The van der Waals surface area contributed by atoms with Crippen molar-refractivity contribution in [3.05, 3.63) is 93.0 Å². The lowest BCUT2D eigenvalue weighted by Gasteiger charge is -2.16. The van der Waals surface area contributed by atoms with Gasteiger partial charge < -0.3 is 0 Å². The Morgan fingerprint density at radius 1 is 0.692 bits per heavy atom. The molecule has 0 unspecified atom stereocenters. The second-order valence-electron chi connectivity index (χ2n) is 5.38. The van der Waals surface area contributed by atoms with Crippen molar-refractivity contribution >= 4 is 22.7 Å². The van der Waals surface area contributed by atoms with Crippen LogP contribution < -0.4 is 5.06 Å². The molecule has 1 N–H and O–H groups in total. The number of anilines is 2. The number of nitro groups is 2. The molecule has 0 atom stereocenters. The summed E-state index contributed by atoms with van der Waals surface area (Å²) in [6.07, 6.45) is 0. The van der Waals surface area contributed by atoms with E-state index >= 15 is 0 Å². The molecule has 0 bridgehead atoms. The third-order valence-corrected chi connectivity index (χ3v) is 3.72. The molecule has 8 nitrogen and oxygen atoms in total. The SMILES string of the molecule is O=[N+]([O-])c1cc([N+](=O)[O-])c2cc1-2.ON(c1ccccc1)c1ccccc1.